The van der Waals surface area contributed by atoms with Crippen molar-refractivity contribution in [2.24, 2.45) is 0 Å². The van der Waals surface area contributed by atoms with Crippen molar-refractivity contribution in [2.75, 3.05) is 12.0 Å². The third-order valence-electron chi connectivity index (χ3n) is 5.63. The van der Waals surface area contributed by atoms with Crippen LogP contribution in [0.4, 0.5) is 5.69 Å². The quantitative estimate of drug-likeness (QED) is 0.343. The van der Waals surface area contributed by atoms with Gasteiger partial charge in [0.2, 0.25) is 0 Å². The second-order valence-corrected chi connectivity index (χ2v) is 7.66. The number of benzene rings is 2. The molecule has 4 aromatic rings. The molecule has 8 heteroatoms. The normalized spacial score (nSPS) is 13.6. The fourth-order valence-electron chi connectivity index (χ4n) is 4.03. The lowest BCUT2D eigenvalue weighted by molar-refractivity contribution is -0.576. The molecule has 0 radical (unpaired) electrons. The molecule has 0 N–H and O–H groups in total. The zero-order valence-electron chi connectivity index (χ0n) is 18.5. The molecule has 1 aliphatic rings. The number of aryl methyl sites for hydroxylation is 1. The summed E-state index contributed by atoms with van der Waals surface area (Å²) >= 11 is 0. The number of anilines is 1. The molecule has 0 aliphatic carbocycles. The molecule has 5 rings (SSSR count). The monoisotopic (exact) mass is 452 g/mol. The lowest BCUT2D eigenvalue weighted by Gasteiger charge is -2.16. The number of carbonyl (C=O) groups is 2. The Morgan fingerprint density at radius 1 is 0.853 bits per heavy atom. The molecular formula is C26H20N4O4. The highest BCUT2D eigenvalue weighted by Gasteiger charge is 2.47. The van der Waals surface area contributed by atoms with Gasteiger partial charge in [0.05, 0.1) is 24.2 Å². The molecule has 0 spiro atoms. The van der Waals surface area contributed by atoms with Gasteiger partial charge in [-0.15, -0.1) is 0 Å². The van der Waals surface area contributed by atoms with Crippen LogP contribution in [0.5, 0.6) is 11.6 Å². The number of hydrogen-bond donors (Lipinski definition) is 0. The van der Waals surface area contributed by atoms with Crippen molar-refractivity contribution < 1.29 is 24.0 Å². The summed E-state index contributed by atoms with van der Waals surface area (Å²) in [6.45, 7) is 1.66. The van der Waals surface area contributed by atoms with Crippen LogP contribution in [0.15, 0.2) is 85.2 Å². The van der Waals surface area contributed by atoms with Gasteiger partial charge in [-0.25, -0.2) is 9.58 Å². The van der Waals surface area contributed by atoms with Crippen LogP contribution in [-0.2, 0) is 9.59 Å². The van der Waals surface area contributed by atoms with Gasteiger partial charge >= 0.3 is 5.91 Å². The summed E-state index contributed by atoms with van der Waals surface area (Å²) in [5.74, 6) is -0.997. The molecule has 0 bridgehead atoms. The van der Waals surface area contributed by atoms with E-state index in [0.717, 1.165) is 4.90 Å². The number of ether oxygens (including phenoxy) is 1. The summed E-state index contributed by atoms with van der Waals surface area (Å²) in [6.07, 6.45) is 3.33. The van der Waals surface area contributed by atoms with E-state index in [2.05, 4.69) is 5.10 Å². The van der Waals surface area contributed by atoms with Crippen LogP contribution in [0.1, 0.15) is 11.3 Å². The zero-order valence-corrected chi connectivity index (χ0v) is 18.5. The van der Waals surface area contributed by atoms with Gasteiger partial charge in [0.25, 0.3) is 11.6 Å². The molecule has 3 heterocycles. The topological polar surface area (TPSA) is 91.4 Å². The fraction of sp³-hybridized carbons (Fsp3) is 0.0769. The van der Waals surface area contributed by atoms with Gasteiger partial charge in [0, 0.05) is 17.7 Å². The molecule has 1 aliphatic heterocycles. The van der Waals surface area contributed by atoms with Gasteiger partial charge in [-0.1, -0.05) is 24.3 Å². The van der Waals surface area contributed by atoms with E-state index in [1.54, 1.807) is 90.6 Å². The van der Waals surface area contributed by atoms with Crippen LogP contribution in [0.2, 0.25) is 0 Å². The highest BCUT2D eigenvalue weighted by atomic mass is 16.5. The van der Waals surface area contributed by atoms with Gasteiger partial charge < -0.3 is 9.84 Å². The van der Waals surface area contributed by atoms with Crippen molar-refractivity contribution in [3.05, 3.63) is 96.4 Å². The van der Waals surface area contributed by atoms with Crippen LogP contribution in [0.25, 0.3) is 17.0 Å². The zero-order chi connectivity index (χ0) is 23.8. The maximum Gasteiger partial charge on any atom is 0.331 e. The Kier molecular flexibility index (Phi) is 5.18. The van der Waals surface area contributed by atoms with Gasteiger partial charge in [-0.3, -0.25) is 9.59 Å². The molecule has 2 aromatic carbocycles. The first kappa shape index (κ1) is 21.1. The van der Waals surface area contributed by atoms with Crippen LogP contribution in [0.3, 0.4) is 0 Å². The Morgan fingerprint density at radius 3 is 2.15 bits per heavy atom. The predicted octanol–water partition coefficient (Wildman–Crippen LogP) is 2.49. The van der Waals surface area contributed by atoms with Crippen molar-refractivity contribution in [3.8, 4) is 17.3 Å². The van der Waals surface area contributed by atoms with Gasteiger partial charge in [-0.05, 0) is 49.2 Å². The van der Waals surface area contributed by atoms with E-state index in [1.807, 2.05) is 6.07 Å². The second-order valence-electron chi connectivity index (χ2n) is 7.66. The third kappa shape index (κ3) is 3.32. The highest BCUT2D eigenvalue weighted by Crippen LogP contribution is 2.38. The van der Waals surface area contributed by atoms with Gasteiger partial charge in [0.1, 0.15) is 11.3 Å². The van der Waals surface area contributed by atoms with E-state index < -0.39 is 17.7 Å². The number of nitrogens with zero attached hydrogens (tertiary/aromatic N) is 4. The Bertz CT molecular complexity index is 1430. The summed E-state index contributed by atoms with van der Waals surface area (Å²) in [5.41, 5.74) is 1.51. The van der Waals surface area contributed by atoms with Crippen LogP contribution in [-0.4, -0.2) is 28.7 Å². The van der Waals surface area contributed by atoms with E-state index in [0.29, 0.717) is 22.8 Å². The summed E-state index contributed by atoms with van der Waals surface area (Å²) in [4.78, 5) is 28.4. The van der Waals surface area contributed by atoms with E-state index >= 15 is 0 Å². The Labute approximate surface area is 195 Å². The number of aromatic nitrogens is 3. The molecule has 0 saturated heterocycles. The molecule has 0 atom stereocenters. The summed E-state index contributed by atoms with van der Waals surface area (Å²) in [5, 5.41) is 17.9. The van der Waals surface area contributed by atoms with Crippen molar-refractivity contribution in [1.82, 2.24) is 9.78 Å². The molecule has 2 amide bonds. The van der Waals surface area contributed by atoms with E-state index in [-0.39, 0.29) is 16.8 Å². The van der Waals surface area contributed by atoms with E-state index in [1.165, 1.54) is 11.8 Å². The van der Waals surface area contributed by atoms with E-state index in [9.17, 15) is 14.7 Å². The Morgan fingerprint density at radius 2 is 1.50 bits per heavy atom. The number of carbonyl (C=O) groups excluding carboxylic acids is 2. The number of hydrogen-bond acceptors (Lipinski definition) is 5. The maximum absolute atomic E-state index is 13.7. The van der Waals surface area contributed by atoms with Crippen molar-refractivity contribution >= 4 is 28.8 Å². The minimum absolute atomic E-state index is 0.0155. The second kappa shape index (κ2) is 8.32. The predicted molar refractivity (Wildman–Crippen MR) is 123 cm³/mol. The van der Waals surface area contributed by atoms with Crippen LogP contribution < -0.4 is 19.3 Å². The minimum atomic E-state index is -0.589. The van der Waals surface area contributed by atoms with Crippen molar-refractivity contribution in [1.29, 1.82) is 0 Å². The first-order chi connectivity index (χ1) is 16.5. The average Bonchev–Trinajstić information content (AvgIpc) is 3.30. The third-order valence-corrected chi connectivity index (χ3v) is 5.63. The molecule has 168 valence electrons. The minimum Gasteiger partial charge on any atom is -0.858 e. The summed E-state index contributed by atoms with van der Waals surface area (Å²) < 4.78 is 7.99. The number of pyridine rings is 1. The van der Waals surface area contributed by atoms with Gasteiger partial charge in [-0.2, -0.15) is 9.67 Å². The lowest BCUT2D eigenvalue weighted by atomic mass is 10.0. The van der Waals surface area contributed by atoms with Crippen LogP contribution >= 0.6 is 0 Å². The van der Waals surface area contributed by atoms with Gasteiger partial charge in [0.15, 0.2) is 12.4 Å². The first-order valence-electron chi connectivity index (χ1n) is 10.6. The number of amides is 2. The SMILES string of the molecule is COc1ccc(N2C(=O)C(c3c(C)nn(-c4ccccc4)c3[O-])=C([n+]3ccccc3)C2=O)cc1. The standard InChI is InChI=1S/C26H20N4O4/c1-17-21(25(32)30(27-17)19-9-5-3-6-10-19)22-23(28-15-7-4-8-16-28)26(33)29(24(22)31)18-11-13-20(34-2)14-12-18/h3-16H,1-2H3. The highest BCUT2D eigenvalue weighted by molar-refractivity contribution is 6.53. The lowest BCUT2D eigenvalue weighted by Crippen LogP contribution is -2.39. The number of para-hydroxylation sites is 1. The molecule has 34 heavy (non-hydrogen) atoms. The smallest absolute Gasteiger partial charge is 0.331 e. The van der Waals surface area contributed by atoms with Crippen molar-refractivity contribution in [2.45, 2.75) is 6.92 Å². The van der Waals surface area contributed by atoms with E-state index in [4.69, 9.17) is 4.74 Å². The Balaban J connectivity index is 1.71. The number of imide groups is 1. The Hall–Kier alpha value is -4.72. The summed E-state index contributed by atoms with van der Waals surface area (Å²) in [7, 11) is 1.54. The summed E-state index contributed by atoms with van der Waals surface area (Å²) in [6, 6.07) is 20.8. The molecule has 8 nitrogen and oxygen atoms in total. The molecular weight excluding hydrogens is 432 g/mol. The molecule has 0 saturated carbocycles. The first-order valence-corrected chi connectivity index (χ1v) is 10.6. The molecule has 0 unspecified atom stereocenters. The molecule has 0 fully saturated rings. The number of rotatable bonds is 5. The number of methoxy groups -OCH3 is 1. The molecule has 2 aromatic heterocycles. The average molecular weight is 452 g/mol. The maximum atomic E-state index is 13.7. The van der Waals surface area contributed by atoms with Crippen LogP contribution in [0, 0.1) is 6.92 Å². The van der Waals surface area contributed by atoms with Crippen molar-refractivity contribution in [3.63, 3.8) is 0 Å². The largest absolute Gasteiger partial charge is 0.858 e. The fourth-order valence-corrected chi connectivity index (χ4v) is 4.03.